The first-order valence-corrected chi connectivity index (χ1v) is 9.17. The molecule has 138 valence electrons. The maximum Gasteiger partial charge on any atom is 0.229 e. The minimum absolute atomic E-state index is 0.0631. The minimum Gasteiger partial charge on any atom is -0.368 e. The van der Waals surface area contributed by atoms with Crippen LogP contribution in [-0.2, 0) is 0 Å². The van der Waals surface area contributed by atoms with Crippen LogP contribution in [0.25, 0.3) is 0 Å². The van der Waals surface area contributed by atoms with E-state index in [-0.39, 0.29) is 5.02 Å². The van der Waals surface area contributed by atoms with Gasteiger partial charge in [-0.2, -0.15) is 4.98 Å². The number of hydrogen-bond donors (Lipinski definition) is 1. The average Bonchev–Trinajstić information content (AvgIpc) is 2.72. The van der Waals surface area contributed by atoms with Crippen molar-refractivity contribution in [2.45, 2.75) is 0 Å². The summed E-state index contributed by atoms with van der Waals surface area (Å²) in [5.41, 5.74) is 1.89. The number of halogens is 2. The minimum atomic E-state index is -0.451. The third kappa shape index (κ3) is 4.11. The Labute approximate surface area is 162 Å². The molecule has 4 rings (SSSR count). The quantitative estimate of drug-likeness (QED) is 0.726. The molecule has 0 aliphatic carbocycles. The monoisotopic (exact) mass is 383 g/mol. The summed E-state index contributed by atoms with van der Waals surface area (Å²) in [5, 5.41) is 3.14. The molecule has 1 aliphatic rings. The third-order valence-electron chi connectivity index (χ3n) is 4.54. The van der Waals surface area contributed by atoms with Gasteiger partial charge in [-0.25, -0.2) is 9.37 Å². The van der Waals surface area contributed by atoms with Gasteiger partial charge in [0.1, 0.15) is 11.6 Å². The van der Waals surface area contributed by atoms with E-state index in [2.05, 4.69) is 49.4 Å². The molecule has 3 aromatic rings. The first-order valence-electron chi connectivity index (χ1n) is 8.79. The maximum absolute atomic E-state index is 13.3. The zero-order chi connectivity index (χ0) is 18.6. The molecule has 0 spiro atoms. The largest absolute Gasteiger partial charge is 0.368 e. The van der Waals surface area contributed by atoms with Gasteiger partial charge in [0.25, 0.3) is 0 Å². The van der Waals surface area contributed by atoms with E-state index in [4.69, 9.17) is 11.6 Å². The molecular weight excluding hydrogens is 365 g/mol. The lowest BCUT2D eigenvalue weighted by Crippen LogP contribution is -2.46. The second kappa shape index (κ2) is 7.80. The lowest BCUT2D eigenvalue weighted by Gasteiger charge is -2.36. The normalized spacial score (nSPS) is 14.3. The molecule has 2 aromatic carbocycles. The van der Waals surface area contributed by atoms with E-state index in [1.165, 1.54) is 17.8 Å². The van der Waals surface area contributed by atoms with Crippen LogP contribution in [0.15, 0.2) is 60.8 Å². The smallest absolute Gasteiger partial charge is 0.229 e. The molecule has 1 aliphatic heterocycles. The zero-order valence-corrected chi connectivity index (χ0v) is 15.4. The van der Waals surface area contributed by atoms with E-state index in [1.807, 2.05) is 12.1 Å². The van der Waals surface area contributed by atoms with Crippen LogP contribution in [-0.4, -0.2) is 36.1 Å². The Bertz CT molecular complexity index is 913. The van der Waals surface area contributed by atoms with E-state index < -0.39 is 5.82 Å². The molecule has 0 atom stereocenters. The summed E-state index contributed by atoms with van der Waals surface area (Å²) in [7, 11) is 0. The van der Waals surface area contributed by atoms with Crippen LogP contribution in [0, 0.1) is 5.82 Å². The first kappa shape index (κ1) is 17.5. The van der Waals surface area contributed by atoms with Crippen molar-refractivity contribution in [2.75, 3.05) is 41.3 Å². The van der Waals surface area contributed by atoms with Crippen molar-refractivity contribution in [3.8, 4) is 0 Å². The molecule has 1 fully saturated rings. The fraction of sp³-hybridized carbons (Fsp3) is 0.200. The summed E-state index contributed by atoms with van der Waals surface area (Å²) < 4.78 is 13.3. The van der Waals surface area contributed by atoms with Crippen LogP contribution in [0.1, 0.15) is 0 Å². The molecule has 1 N–H and O–H groups in total. The van der Waals surface area contributed by atoms with Crippen molar-refractivity contribution >= 4 is 34.7 Å². The van der Waals surface area contributed by atoms with E-state index in [0.29, 0.717) is 11.6 Å². The molecule has 0 bridgehead atoms. The van der Waals surface area contributed by atoms with Gasteiger partial charge in [0, 0.05) is 43.8 Å². The summed E-state index contributed by atoms with van der Waals surface area (Å²) in [6.07, 6.45) is 1.72. The predicted octanol–water partition coefficient (Wildman–Crippen LogP) is 4.34. The molecule has 27 heavy (non-hydrogen) atoms. The van der Waals surface area contributed by atoms with Crippen molar-refractivity contribution in [3.63, 3.8) is 0 Å². The van der Waals surface area contributed by atoms with Gasteiger partial charge in [-0.05, 0) is 36.4 Å². The number of anilines is 4. The van der Waals surface area contributed by atoms with Crippen LogP contribution < -0.4 is 15.1 Å². The zero-order valence-electron chi connectivity index (χ0n) is 14.6. The highest BCUT2D eigenvalue weighted by Gasteiger charge is 2.18. The van der Waals surface area contributed by atoms with Crippen LogP contribution in [0.3, 0.4) is 0 Å². The number of nitrogens with one attached hydrogen (secondary N) is 1. The molecule has 2 heterocycles. The van der Waals surface area contributed by atoms with Gasteiger partial charge in [-0.3, -0.25) is 0 Å². The molecular formula is C20H19ClFN5. The summed E-state index contributed by atoms with van der Waals surface area (Å²) in [6, 6.07) is 16.8. The summed E-state index contributed by atoms with van der Waals surface area (Å²) in [6.45, 7) is 3.64. The number of rotatable bonds is 4. The van der Waals surface area contributed by atoms with Gasteiger partial charge in [0.15, 0.2) is 0 Å². The lowest BCUT2D eigenvalue weighted by atomic mass is 10.2. The number of piperazine rings is 1. The second-order valence-electron chi connectivity index (χ2n) is 6.30. The van der Waals surface area contributed by atoms with Crippen LogP contribution in [0.2, 0.25) is 5.02 Å². The van der Waals surface area contributed by atoms with E-state index in [1.54, 1.807) is 12.3 Å². The van der Waals surface area contributed by atoms with Crippen LogP contribution in [0.4, 0.5) is 27.5 Å². The SMILES string of the molecule is Fc1ccc(Nc2nccc(N3CCN(c4ccccc4)CC3)n2)cc1Cl. The Morgan fingerprint density at radius 3 is 2.41 bits per heavy atom. The molecule has 0 saturated carbocycles. The van der Waals surface area contributed by atoms with Crippen molar-refractivity contribution in [2.24, 2.45) is 0 Å². The predicted molar refractivity (Wildman–Crippen MR) is 108 cm³/mol. The Morgan fingerprint density at radius 1 is 0.926 bits per heavy atom. The number of aromatic nitrogens is 2. The van der Waals surface area contributed by atoms with Crippen molar-refractivity contribution in [1.82, 2.24) is 9.97 Å². The third-order valence-corrected chi connectivity index (χ3v) is 4.83. The fourth-order valence-corrected chi connectivity index (χ4v) is 3.30. The Kier molecular flexibility index (Phi) is 5.07. The van der Waals surface area contributed by atoms with E-state index in [9.17, 15) is 4.39 Å². The van der Waals surface area contributed by atoms with Crippen LogP contribution in [0.5, 0.6) is 0 Å². The van der Waals surface area contributed by atoms with Gasteiger partial charge in [0.2, 0.25) is 5.95 Å². The molecule has 0 unspecified atom stereocenters. The molecule has 1 saturated heterocycles. The topological polar surface area (TPSA) is 44.3 Å². The second-order valence-corrected chi connectivity index (χ2v) is 6.71. The van der Waals surface area contributed by atoms with Crippen LogP contribution >= 0.6 is 11.6 Å². The van der Waals surface area contributed by atoms with Crippen molar-refractivity contribution in [3.05, 3.63) is 71.6 Å². The number of para-hydroxylation sites is 1. The van der Waals surface area contributed by atoms with E-state index >= 15 is 0 Å². The van der Waals surface area contributed by atoms with Gasteiger partial charge >= 0.3 is 0 Å². The summed E-state index contributed by atoms with van der Waals surface area (Å²) >= 11 is 5.83. The molecule has 0 amide bonds. The molecule has 0 radical (unpaired) electrons. The molecule has 7 heteroatoms. The number of benzene rings is 2. The number of nitrogens with zero attached hydrogens (tertiary/aromatic N) is 4. The van der Waals surface area contributed by atoms with Gasteiger partial charge in [-0.15, -0.1) is 0 Å². The van der Waals surface area contributed by atoms with Gasteiger partial charge < -0.3 is 15.1 Å². The van der Waals surface area contributed by atoms with Gasteiger partial charge in [0.05, 0.1) is 5.02 Å². The Hall–Kier alpha value is -2.86. The molecule has 5 nitrogen and oxygen atoms in total. The average molecular weight is 384 g/mol. The lowest BCUT2D eigenvalue weighted by molar-refractivity contribution is 0.628. The highest BCUT2D eigenvalue weighted by Crippen LogP contribution is 2.23. The molecule has 1 aromatic heterocycles. The summed E-state index contributed by atoms with van der Waals surface area (Å²) in [5.74, 6) is 0.877. The number of hydrogen-bond acceptors (Lipinski definition) is 5. The standard InChI is InChI=1S/C20H19ClFN5/c21-17-14-15(6-7-18(17)22)24-20-23-9-8-19(25-20)27-12-10-26(11-13-27)16-4-2-1-3-5-16/h1-9,14H,10-13H2,(H,23,24,25). The maximum atomic E-state index is 13.3. The highest BCUT2D eigenvalue weighted by molar-refractivity contribution is 6.31. The van der Waals surface area contributed by atoms with Crippen molar-refractivity contribution < 1.29 is 4.39 Å². The van der Waals surface area contributed by atoms with Crippen molar-refractivity contribution in [1.29, 1.82) is 0 Å². The Balaban J connectivity index is 1.43. The Morgan fingerprint density at radius 2 is 1.67 bits per heavy atom. The highest BCUT2D eigenvalue weighted by atomic mass is 35.5. The van der Waals surface area contributed by atoms with Gasteiger partial charge in [-0.1, -0.05) is 29.8 Å². The van der Waals surface area contributed by atoms with E-state index in [0.717, 1.165) is 32.0 Å². The first-order chi connectivity index (χ1) is 13.2. The fourth-order valence-electron chi connectivity index (χ4n) is 3.12. The summed E-state index contributed by atoms with van der Waals surface area (Å²) in [4.78, 5) is 13.5.